The normalized spacial score (nSPS) is 22.0. The number of rotatable bonds is 4. The molecule has 112 valence electrons. The first-order valence-corrected chi connectivity index (χ1v) is 9.56. The number of nitrogens with two attached hydrogens (primary N) is 1. The second kappa shape index (κ2) is 5.44. The molecule has 0 radical (unpaired) electrons. The summed E-state index contributed by atoms with van der Waals surface area (Å²) >= 11 is 0. The molecule has 20 heavy (non-hydrogen) atoms. The molecule has 0 aromatic heterocycles. The van der Waals surface area contributed by atoms with Gasteiger partial charge in [-0.3, -0.25) is 0 Å². The first-order valence-electron chi connectivity index (χ1n) is 6.26. The van der Waals surface area contributed by atoms with E-state index in [1.54, 1.807) is 19.1 Å². The molecular formula is C12H18N2O4S2. The molecule has 1 aromatic carbocycles. The van der Waals surface area contributed by atoms with Crippen LogP contribution < -0.4 is 10.5 Å². The van der Waals surface area contributed by atoms with Crippen LogP contribution in [0, 0.1) is 6.92 Å². The number of hydrogen-bond donors (Lipinski definition) is 2. The van der Waals surface area contributed by atoms with Gasteiger partial charge >= 0.3 is 0 Å². The van der Waals surface area contributed by atoms with Crippen molar-refractivity contribution in [2.24, 2.45) is 5.73 Å². The average Bonchev–Trinajstić information content (AvgIpc) is 2.68. The molecule has 1 saturated heterocycles. The monoisotopic (exact) mass is 318 g/mol. The maximum Gasteiger partial charge on any atom is 0.241 e. The largest absolute Gasteiger partial charge is 0.326 e. The van der Waals surface area contributed by atoms with Crippen molar-refractivity contribution in [2.75, 3.05) is 11.5 Å². The zero-order valence-electron chi connectivity index (χ0n) is 11.2. The average molecular weight is 318 g/mol. The van der Waals surface area contributed by atoms with Crippen molar-refractivity contribution >= 4 is 19.9 Å². The molecule has 0 spiro atoms. The van der Waals surface area contributed by atoms with E-state index in [0.29, 0.717) is 12.0 Å². The second-order valence-corrected chi connectivity index (χ2v) is 8.94. The number of hydrogen-bond acceptors (Lipinski definition) is 5. The van der Waals surface area contributed by atoms with Crippen LogP contribution in [0.25, 0.3) is 0 Å². The summed E-state index contributed by atoms with van der Waals surface area (Å²) < 4.78 is 49.9. The second-order valence-electron chi connectivity index (χ2n) is 5.03. The first-order chi connectivity index (χ1) is 9.23. The van der Waals surface area contributed by atoms with Gasteiger partial charge in [0.05, 0.1) is 16.4 Å². The Morgan fingerprint density at radius 1 is 1.40 bits per heavy atom. The minimum absolute atomic E-state index is 0.0298. The lowest BCUT2D eigenvalue weighted by Gasteiger charge is -2.14. The quantitative estimate of drug-likeness (QED) is 0.807. The van der Waals surface area contributed by atoms with Crippen molar-refractivity contribution in [3.63, 3.8) is 0 Å². The zero-order valence-corrected chi connectivity index (χ0v) is 12.8. The van der Waals surface area contributed by atoms with Gasteiger partial charge in [0.25, 0.3) is 0 Å². The molecule has 1 aromatic rings. The molecule has 2 rings (SSSR count). The van der Waals surface area contributed by atoms with Crippen LogP contribution in [0.4, 0.5) is 0 Å². The smallest absolute Gasteiger partial charge is 0.241 e. The summed E-state index contributed by atoms with van der Waals surface area (Å²) in [7, 11) is -6.85. The number of sulfonamides is 1. The van der Waals surface area contributed by atoms with Crippen molar-refractivity contribution in [2.45, 2.75) is 30.8 Å². The Morgan fingerprint density at radius 3 is 2.65 bits per heavy atom. The zero-order chi connectivity index (χ0) is 15.0. The third kappa shape index (κ3) is 3.38. The van der Waals surface area contributed by atoms with E-state index in [-0.39, 0.29) is 22.9 Å². The lowest BCUT2D eigenvalue weighted by atomic mass is 10.1. The molecule has 1 atom stereocenters. The molecule has 1 unspecified atom stereocenters. The SMILES string of the molecule is Cc1ccc(CN)cc1S(=O)(=O)NC1CCS(=O)(=O)C1. The van der Waals surface area contributed by atoms with Gasteiger partial charge in [-0.1, -0.05) is 12.1 Å². The van der Waals surface area contributed by atoms with Crippen LogP contribution in [0.2, 0.25) is 0 Å². The van der Waals surface area contributed by atoms with E-state index in [1.165, 1.54) is 6.07 Å². The molecule has 1 aliphatic rings. The lowest BCUT2D eigenvalue weighted by molar-refractivity contribution is 0.561. The van der Waals surface area contributed by atoms with Crippen LogP contribution in [0.5, 0.6) is 0 Å². The van der Waals surface area contributed by atoms with Crippen LogP contribution >= 0.6 is 0 Å². The first kappa shape index (κ1) is 15.4. The van der Waals surface area contributed by atoms with Gasteiger partial charge in [-0.05, 0) is 30.5 Å². The summed E-state index contributed by atoms with van der Waals surface area (Å²) in [5.74, 6) is -0.107. The summed E-state index contributed by atoms with van der Waals surface area (Å²) in [6.45, 7) is 1.95. The summed E-state index contributed by atoms with van der Waals surface area (Å²) in [5.41, 5.74) is 6.84. The van der Waals surface area contributed by atoms with Gasteiger partial charge in [0.1, 0.15) is 0 Å². The fourth-order valence-corrected chi connectivity index (χ4v) is 5.58. The highest BCUT2D eigenvalue weighted by Gasteiger charge is 2.31. The maximum atomic E-state index is 12.3. The van der Waals surface area contributed by atoms with E-state index in [9.17, 15) is 16.8 Å². The Labute approximate surface area is 119 Å². The number of nitrogens with one attached hydrogen (secondary N) is 1. The molecule has 0 saturated carbocycles. The minimum Gasteiger partial charge on any atom is -0.326 e. The number of benzene rings is 1. The molecule has 0 bridgehead atoms. The molecule has 1 fully saturated rings. The number of aryl methyl sites for hydroxylation is 1. The van der Waals surface area contributed by atoms with Gasteiger partial charge in [-0.25, -0.2) is 21.6 Å². The van der Waals surface area contributed by atoms with Crippen LogP contribution in [0.15, 0.2) is 23.1 Å². The fraction of sp³-hybridized carbons (Fsp3) is 0.500. The Bertz CT molecular complexity index is 711. The lowest BCUT2D eigenvalue weighted by Crippen LogP contribution is -2.36. The summed E-state index contributed by atoms with van der Waals surface area (Å²) in [6, 6.07) is 4.45. The van der Waals surface area contributed by atoms with E-state index in [2.05, 4.69) is 4.72 Å². The van der Waals surface area contributed by atoms with Gasteiger partial charge in [0.2, 0.25) is 10.0 Å². The predicted octanol–water partition coefficient (Wildman–Crippen LogP) is -0.0809. The van der Waals surface area contributed by atoms with Crippen molar-refractivity contribution in [1.82, 2.24) is 4.72 Å². The molecule has 6 nitrogen and oxygen atoms in total. The van der Waals surface area contributed by atoms with E-state index in [1.807, 2.05) is 0 Å². The van der Waals surface area contributed by atoms with Crippen molar-refractivity contribution < 1.29 is 16.8 Å². The molecule has 1 heterocycles. The summed E-state index contributed by atoms with van der Waals surface area (Å²) in [4.78, 5) is 0.157. The minimum atomic E-state index is -3.73. The molecule has 8 heteroatoms. The maximum absolute atomic E-state index is 12.3. The third-order valence-electron chi connectivity index (χ3n) is 3.33. The third-order valence-corrected chi connectivity index (χ3v) is 6.76. The van der Waals surface area contributed by atoms with Crippen molar-refractivity contribution in [3.8, 4) is 0 Å². The van der Waals surface area contributed by atoms with Crippen LogP contribution in [-0.4, -0.2) is 34.4 Å². The van der Waals surface area contributed by atoms with Gasteiger partial charge in [0.15, 0.2) is 9.84 Å². The summed E-state index contributed by atoms with van der Waals surface area (Å²) in [5, 5.41) is 0. The van der Waals surface area contributed by atoms with Crippen LogP contribution in [0.1, 0.15) is 17.5 Å². The Hall–Kier alpha value is -0.960. The molecule has 3 N–H and O–H groups in total. The van der Waals surface area contributed by atoms with Crippen molar-refractivity contribution in [1.29, 1.82) is 0 Å². The fourth-order valence-electron chi connectivity index (χ4n) is 2.23. The van der Waals surface area contributed by atoms with Crippen LogP contribution in [-0.2, 0) is 26.4 Å². The summed E-state index contributed by atoms with van der Waals surface area (Å²) in [6.07, 6.45) is 0.317. The Balaban J connectivity index is 2.27. The molecule has 1 aliphatic heterocycles. The highest BCUT2D eigenvalue weighted by atomic mass is 32.2. The number of sulfone groups is 1. The van der Waals surface area contributed by atoms with E-state index in [4.69, 9.17) is 5.73 Å². The molecule has 0 aliphatic carbocycles. The topological polar surface area (TPSA) is 106 Å². The molecule has 0 amide bonds. The Morgan fingerprint density at radius 2 is 2.10 bits per heavy atom. The highest BCUT2D eigenvalue weighted by Crippen LogP contribution is 2.19. The van der Waals surface area contributed by atoms with Gasteiger partial charge < -0.3 is 5.73 Å². The van der Waals surface area contributed by atoms with Gasteiger partial charge in [0, 0.05) is 12.6 Å². The Kier molecular flexibility index (Phi) is 4.19. The van der Waals surface area contributed by atoms with E-state index >= 15 is 0 Å². The van der Waals surface area contributed by atoms with E-state index < -0.39 is 25.9 Å². The van der Waals surface area contributed by atoms with Crippen molar-refractivity contribution in [3.05, 3.63) is 29.3 Å². The standard InChI is InChI=1S/C12H18N2O4S2/c1-9-2-3-10(7-13)6-12(9)20(17,18)14-11-4-5-19(15,16)8-11/h2-3,6,11,14H,4-5,7-8,13H2,1H3. The van der Waals surface area contributed by atoms with E-state index in [0.717, 1.165) is 5.56 Å². The van der Waals surface area contributed by atoms with Crippen LogP contribution in [0.3, 0.4) is 0 Å². The van der Waals surface area contributed by atoms with Gasteiger partial charge in [-0.15, -0.1) is 0 Å². The predicted molar refractivity (Wildman–Crippen MR) is 76.5 cm³/mol. The van der Waals surface area contributed by atoms with Gasteiger partial charge in [-0.2, -0.15) is 0 Å². The molecular weight excluding hydrogens is 300 g/mol. The highest BCUT2D eigenvalue weighted by molar-refractivity contribution is 7.92.